The normalized spacial score (nSPS) is 11.6. The average Bonchev–Trinajstić information content (AvgIpc) is 2.79. The molecule has 30 heavy (non-hydrogen) atoms. The molecule has 4 rings (SSSR count). The van der Waals surface area contributed by atoms with Gasteiger partial charge in [0.25, 0.3) is 0 Å². The van der Waals surface area contributed by atoms with Crippen LogP contribution in [0.4, 0.5) is 5.69 Å². The molecule has 0 aliphatic rings. The number of anilines is 1. The zero-order valence-corrected chi connectivity index (χ0v) is 18.1. The third-order valence-corrected chi connectivity index (χ3v) is 5.66. The highest BCUT2D eigenvalue weighted by Gasteiger charge is 2.11. The minimum absolute atomic E-state index is 0.593. The summed E-state index contributed by atoms with van der Waals surface area (Å²) >= 11 is 5.66. The fourth-order valence-corrected chi connectivity index (χ4v) is 3.97. The molecule has 0 amide bonds. The van der Waals surface area contributed by atoms with Gasteiger partial charge in [-0.25, -0.2) is 4.99 Å². The smallest absolute Gasteiger partial charge is 0.197 e. The van der Waals surface area contributed by atoms with E-state index in [2.05, 4.69) is 109 Å². The van der Waals surface area contributed by atoms with Crippen LogP contribution in [-0.2, 0) is 0 Å². The molecule has 0 aliphatic carbocycles. The van der Waals surface area contributed by atoms with Gasteiger partial charge in [-0.1, -0.05) is 72.8 Å². The molecule has 1 N–H and O–H groups in total. The van der Waals surface area contributed by atoms with Crippen LogP contribution >= 0.6 is 12.2 Å². The van der Waals surface area contributed by atoms with Crippen molar-refractivity contribution in [3.8, 4) is 0 Å². The van der Waals surface area contributed by atoms with Crippen LogP contribution in [0.15, 0.2) is 89.9 Å². The Morgan fingerprint density at radius 3 is 2.23 bits per heavy atom. The second-order valence-corrected chi connectivity index (χ2v) is 7.49. The number of fused-ring (bicyclic) bond motifs is 2. The quantitative estimate of drug-likeness (QED) is 0.237. The van der Waals surface area contributed by atoms with Gasteiger partial charge in [0, 0.05) is 29.7 Å². The van der Waals surface area contributed by atoms with Crippen LogP contribution in [0.5, 0.6) is 0 Å². The van der Waals surface area contributed by atoms with Crippen molar-refractivity contribution in [1.29, 1.82) is 0 Å². The fourth-order valence-electron chi connectivity index (χ4n) is 3.62. The van der Waals surface area contributed by atoms with E-state index in [9.17, 15) is 0 Å². The lowest BCUT2D eigenvalue weighted by Gasteiger charge is -2.20. The van der Waals surface area contributed by atoms with E-state index in [1.54, 1.807) is 0 Å². The van der Waals surface area contributed by atoms with Gasteiger partial charge in [0.1, 0.15) is 5.84 Å². The molecule has 4 aromatic carbocycles. The molecule has 4 aromatic rings. The summed E-state index contributed by atoms with van der Waals surface area (Å²) in [4.78, 5) is 6.95. The van der Waals surface area contributed by atoms with Gasteiger partial charge < -0.3 is 10.2 Å². The number of amidine groups is 1. The molecule has 0 heterocycles. The van der Waals surface area contributed by atoms with Gasteiger partial charge in [-0.05, 0) is 54.4 Å². The maximum absolute atomic E-state index is 5.66. The SMILES string of the molecule is CCN(CC)C(=S)N=C(Nc1cccc2ccccc12)c1ccc2ccccc2c1. The molecule has 0 atom stereocenters. The van der Waals surface area contributed by atoms with E-state index in [-0.39, 0.29) is 0 Å². The zero-order chi connectivity index (χ0) is 20.9. The Kier molecular flexibility index (Phi) is 6.05. The minimum atomic E-state index is 0.593. The summed E-state index contributed by atoms with van der Waals surface area (Å²) in [5.41, 5.74) is 2.03. The first kappa shape index (κ1) is 20.0. The number of aliphatic imine (C=N–C) groups is 1. The number of benzene rings is 4. The predicted octanol–water partition coefficient (Wildman–Crippen LogP) is 6.48. The van der Waals surface area contributed by atoms with E-state index >= 15 is 0 Å². The molecule has 0 spiro atoms. The molecule has 0 unspecified atom stereocenters. The summed E-state index contributed by atoms with van der Waals surface area (Å²) in [5.74, 6) is 0.758. The summed E-state index contributed by atoms with van der Waals surface area (Å²) in [6.07, 6.45) is 0. The van der Waals surface area contributed by atoms with Gasteiger partial charge in [-0.2, -0.15) is 0 Å². The third-order valence-electron chi connectivity index (χ3n) is 5.31. The molecule has 0 saturated carbocycles. The van der Waals surface area contributed by atoms with E-state index in [0.29, 0.717) is 5.11 Å². The maximum atomic E-state index is 5.66. The van der Waals surface area contributed by atoms with Crippen molar-refractivity contribution >= 4 is 50.4 Å². The third kappa shape index (κ3) is 4.19. The van der Waals surface area contributed by atoms with Crippen LogP contribution < -0.4 is 5.32 Å². The monoisotopic (exact) mass is 411 g/mol. The van der Waals surface area contributed by atoms with Crippen LogP contribution in [0, 0.1) is 0 Å². The molecule has 3 nitrogen and oxygen atoms in total. The number of hydrogen-bond donors (Lipinski definition) is 1. The Bertz CT molecular complexity index is 1220. The molecule has 0 fully saturated rings. The van der Waals surface area contributed by atoms with Gasteiger partial charge in [0.15, 0.2) is 5.11 Å². The first-order chi connectivity index (χ1) is 14.7. The van der Waals surface area contributed by atoms with Crippen molar-refractivity contribution in [2.75, 3.05) is 18.4 Å². The average molecular weight is 412 g/mol. The standard InChI is InChI=1S/C26H25N3S/c1-3-29(4-2)26(30)28-25(22-17-16-19-10-5-6-12-21(19)18-22)27-24-15-9-13-20-11-7-8-14-23(20)24/h5-18H,3-4H2,1-2H3,(H,27,28,30). The number of thiocarbonyl (C=S) groups is 1. The zero-order valence-electron chi connectivity index (χ0n) is 17.3. The largest absolute Gasteiger partial charge is 0.348 e. The van der Waals surface area contributed by atoms with Crippen molar-refractivity contribution in [3.05, 3.63) is 90.5 Å². The topological polar surface area (TPSA) is 27.6 Å². The molecule has 150 valence electrons. The fraction of sp³-hybridized carbons (Fsp3) is 0.154. The Hall–Kier alpha value is -3.24. The van der Waals surface area contributed by atoms with Crippen LogP contribution in [-0.4, -0.2) is 28.9 Å². The van der Waals surface area contributed by atoms with Crippen molar-refractivity contribution in [2.24, 2.45) is 4.99 Å². The van der Waals surface area contributed by atoms with Crippen molar-refractivity contribution < 1.29 is 0 Å². The van der Waals surface area contributed by atoms with Gasteiger partial charge in [0.05, 0.1) is 0 Å². The van der Waals surface area contributed by atoms with Crippen molar-refractivity contribution in [2.45, 2.75) is 13.8 Å². The van der Waals surface area contributed by atoms with E-state index < -0.39 is 0 Å². The van der Waals surface area contributed by atoms with E-state index in [4.69, 9.17) is 17.2 Å². The number of hydrogen-bond acceptors (Lipinski definition) is 1. The molecular weight excluding hydrogens is 386 g/mol. The Balaban J connectivity index is 1.81. The summed E-state index contributed by atoms with van der Waals surface area (Å²) < 4.78 is 0. The van der Waals surface area contributed by atoms with E-state index in [1.807, 2.05) is 0 Å². The first-order valence-corrected chi connectivity index (χ1v) is 10.7. The molecule has 0 aromatic heterocycles. The highest BCUT2D eigenvalue weighted by Crippen LogP contribution is 2.24. The highest BCUT2D eigenvalue weighted by molar-refractivity contribution is 7.80. The molecule has 4 heteroatoms. The summed E-state index contributed by atoms with van der Waals surface area (Å²) in [6, 6.07) is 29.4. The molecule has 0 bridgehead atoms. The second kappa shape index (κ2) is 9.06. The van der Waals surface area contributed by atoms with Crippen LogP contribution in [0.1, 0.15) is 19.4 Å². The van der Waals surface area contributed by atoms with Crippen molar-refractivity contribution in [3.63, 3.8) is 0 Å². The van der Waals surface area contributed by atoms with E-state index in [0.717, 1.165) is 35.6 Å². The number of nitrogens with one attached hydrogen (secondary N) is 1. The summed E-state index contributed by atoms with van der Waals surface area (Å²) in [5, 5.41) is 8.89. The van der Waals surface area contributed by atoms with Gasteiger partial charge in [-0.15, -0.1) is 0 Å². The van der Waals surface area contributed by atoms with Gasteiger partial charge >= 0.3 is 0 Å². The summed E-state index contributed by atoms with van der Waals surface area (Å²) in [7, 11) is 0. The Labute approximate surface area is 183 Å². The highest BCUT2D eigenvalue weighted by atomic mass is 32.1. The lowest BCUT2D eigenvalue weighted by Crippen LogP contribution is -2.29. The molecule has 0 radical (unpaired) electrons. The number of rotatable bonds is 4. The predicted molar refractivity (Wildman–Crippen MR) is 134 cm³/mol. The van der Waals surface area contributed by atoms with Crippen LogP contribution in [0.3, 0.4) is 0 Å². The molecule has 0 aliphatic heterocycles. The molecule has 0 saturated heterocycles. The maximum Gasteiger partial charge on any atom is 0.197 e. The van der Waals surface area contributed by atoms with Gasteiger partial charge in [0.2, 0.25) is 0 Å². The van der Waals surface area contributed by atoms with Crippen LogP contribution in [0.2, 0.25) is 0 Å². The first-order valence-electron chi connectivity index (χ1n) is 10.3. The van der Waals surface area contributed by atoms with E-state index in [1.165, 1.54) is 16.2 Å². The molecular formula is C26H25N3S. The van der Waals surface area contributed by atoms with Crippen LogP contribution in [0.25, 0.3) is 21.5 Å². The Morgan fingerprint density at radius 1 is 0.800 bits per heavy atom. The number of nitrogens with zero attached hydrogens (tertiary/aromatic N) is 2. The lowest BCUT2D eigenvalue weighted by molar-refractivity contribution is 0.469. The minimum Gasteiger partial charge on any atom is -0.348 e. The van der Waals surface area contributed by atoms with Gasteiger partial charge in [-0.3, -0.25) is 0 Å². The lowest BCUT2D eigenvalue weighted by atomic mass is 10.1. The summed E-state index contributed by atoms with van der Waals surface area (Å²) in [6.45, 7) is 5.86. The Morgan fingerprint density at radius 2 is 1.47 bits per heavy atom. The second-order valence-electron chi connectivity index (χ2n) is 7.13. The van der Waals surface area contributed by atoms with Crippen molar-refractivity contribution in [1.82, 2.24) is 4.90 Å².